The fourth-order valence-corrected chi connectivity index (χ4v) is 4.64. The first kappa shape index (κ1) is 21.5. The first-order chi connectivity index (χ1) is 16.1. The van der Waals surface area contributed by atoms with Crippen LogP contribution in [0.5, 0.6) is 5.75 Å². The molecule has 0 fully saturated rings. The maximum absolute atomic E-state index is 13.3. The third-order valence-electron chi connectivity index (χ3n) is 4.86. The molecule has 1 aliphatic heterocycles. The lowest BCUT2D eigenvalue weighted by Gasteiger charge is -2.18. The zero-order valence-corrected chi connectivity index (χ0v) is 20.0. The number of nitrogens with one attached hydrogen (secondary N) is 1. The van der Waals surface area contributed by atoms with Crippen LogP contribution in [0.1, 0.15) is 5.56 Å². The second kappa shape index (κ2) is 9.28. The normalized spacial score (nSPS) is 13.6. The molecule has 0 bridgehead atoms. The molecule has 1 N–H and O–H groups in total. The fourth-order valence-electron chi connectivity index (χ4n) is 3.26. The molecule has 0 atom stereocenters. The summed E-state index contributed by atoms with van der Waals surface area (Å²) < 4.78 is 21.6. The number of hydrogen-bond acceptors (Lipinski definition) is 5. The Morgan fingerprint density at radius 3 is 2.76 bits per heavy atom. The molecule has 0 spiro atoms. The molecule has 2 heterocycles. The molecule has 5 rings (SSSR count). The van der Waals surface area contributed by atoms with Crippen LogP contribution in [0.4, 0.5) is 15.8 Å². The van der Waals surface area contributed by atoms with Crippen molar-refractivity contribution in [1.29, 1.82) is 0 Å². The molecule has 1 aliphatic rings. The molecule has 4 aromatic rings. The highest BCUT2D eigenvalue weighted by Gasteiger charge is 2.18. The van der Waals surface area contributed by atoms with E-state index in [0.717, 1.165) is 20.4 Å². The van der Waals surface area contributed by atoms with Crippen molar-refractivity contribution >= 4 is 57.4 Å². The average molecular weight is 570 g/mol. The van der Waals surface area contributed by atoms with Crippen molar-refractivity contribution in [1.82, 2.24) is 4.68 Å². The van der Waals surface area contributed by atoms with E-state index in [-0.39, 0.29) is 18.3 Å². The number of rotatable bonds is 4. The number of carbonyl (C=O) groups is 1. The van der Waals surface area contributed by atoms with Gasteiger partial charge in [0.2, 0.25) is 4.80 Å². The Labute approximate surface area is 206 Å². The van der Waals surface area contributed by atoms with Gasteiger partial charge in [-0.2, -0.15) is 5.10 Å². The van der Waals surface area contributed by atoms with Gasteiger partial charge in [-0.05, 0) is 71.1 Å². The maximum atomic E-state index is 13.3. The monoisotopic (exact) mass is 570 g/mol. The first-order valence-corrected chi connectivity index (χ1v) is 11.9. The summed E-state index contributed by atoms with van der Waals surface area (Å²) in [7, 11) is 0. The molecule has 164 valence electrons. The van der Waals surface area contributed by atoms with E-state index in [9.17, 15) is 9.18 Å². The number of halogens is 2. The summed E-state index contributed by atoms with van der Waals surface area (Å²) in [5, 5.41) is 9.51. The Morgan fingerprint density at radius 2 is 1.94 bits per heavy atom. The van der Waals surface area contributed by atoms with Gasteiger partial charge in [-0.25, -0.2) is 14.1 Å². The minimum absolute atomic E-state index is 0.00546. The molecule has 0 aliphatic carbocycles. The molecule has 6 nitrogen and oxygen atoms in total. The van der Waals surface area contributed by atoms with E-state index in [1.807, 2.05) is 47.8 Å². The van der Waals surface area contributed by atoms with Gasteiger partial charge < -0.3 is 10.1 Å². The van der Waals surface area contributed by atoms with Crippen LogP contribution in [0.15, 0.2) is 82.2 Å². The van der Waals surface area contributed by atoms with Gasteiger partial charge >= 0.3 is 0 Å². The van der Waals surface area contributed by atoms with Gasteiger partial charge in [0.1, 0.15) is 11.6 Å². The number of amides is 1. The van der Waals surface area contributed by atoms with Crippen LogP contribution in [-0.4, -0.2) is 23.4 Å². The smallest absolute Gasteiger partial charge is 0.262 e. The molecular formula is C24H16FIN4O2S. The molecule has 33 heavy (non-hydrogen) atoms. The summed E-state index contributed by atoms with van der Waals surface area (Å²) in [6.45, 7) is 0.00546. The van der Waals surface area contributed by atoms with Crippen molar-refractivity contribution in [2.45, 2.75) is 0 Å². The second-order valence-corrected chi connectivity index (χ2v) is 9.12. The van der Waals surface area contributed by atoms with Gasteiger partial charge in [-0.3, -0.25) is 4.79 Å². The maximum Gasteiger partial charge on any atom is 0.262 e. The van der Waals surface area contributed by atoms with Gasteiger partial charge in [0.05, 0.1) is 23.3 Å². The third-order valence-corrected chi connectivity index (χ3v) is 6.66. The van der Waals surface area contributed by atoms with Crippen LogP contribution in [-0.2, 0) is 4.79 Å². The first-order valence-electron chi connectivity index (χ1n) is 9.93. The van der Waals surface area contributed by atoms with Gasteiger partial charge in [0.15, 0.2) is 6.61 Å². The van der Waals surface area contributed by atoms with Gasteiger partial charge in [-0.1, -0.05) is 18.2 Å². The van der Waals surface area contributed by atoms with Crippen molar-refractivity contribution in [3.05, 3.63) is 91.9 Å². The lowest BCUT2D eigenvalue weighted by Crippen LogP contribution is -2.25. The van der Waals surface area contributed by atoms with E-state index in [4.69, 9.17) is 9.84 Å². The van der Waals surface area contributed by atoms with Crippen LogP contribution < -0.4 is 14.9 Å². The average Bonchev–Trinajstić information content (AvgIpc) is 3.22. The Hall–Kier alpha value is -3.31. The molecular weight excluding hydrogens is 554 g/mol. The van der Waals surface area contributed by atoms with Crippen molar-refractivity contribution in [2.75, 3.05) is 11.9 Å². The van der Waals surface area contributed by atoms with E-state index in [2.05, 4.69) is 32.9 Å². The van der Waals surface area contributed by atoms with E-state index >= 15 is 0 Å². The predicted molar refractivity (Wildman–Crippen MR) is 136 cm³/mol. The number of anilines is 1. The van der Waals surface area contributed by atoms with Crippen molar-refractivity contribution in [3.63, 3.8) is 0 Å². The number of carbonyl (C=O) groups excluding carboxylic acids is 1. The number of benzene rings is 3. The van der Waals surface area contributed by atoms with E-state index in [0.29, 0.717) is 21.9 Å². The summed E-state index contributed by atoms with van der Waals surface area (Å²) in [5.74, 6) is 0.115. The minimum Gasteiger partial charge on any atom is -0.482 e. The molecule has 1 aromatic heterocycles. The summed E-state index contributed by atoms with van der Waals surface area (Å²) >= 11 is 3.68. The second-order valence-electron chi connectivity index (χ2n) is 7.12. The molecule has 0 radical (unpaired) electrons. The lowest BCUT2D eigenvalue weighted by molar-refractivity contribution is -0.118. The topological polar surface area (TPSA) is 68.0 Å². The summed E-state index contributed by atoms with van der Waals surface area (Å²) in [6, 6.07) is 19.5. The van der Waals surface area contributed by atoms with Gasteiger partial charge in [-0.15, -0.1) is 11.3 Å². The standard InChI is InChI=1S/C24H16FIN4O2S/c25-17-6-8-18(9-7-17)28-24-30(27-12-16-3-1-2-4-19(16)26)21(14-33-24)15-5-10-22-20(11-15)29-23(31)13-32-22/h1-12,14H,13H2,(H,29,31). The molecule has 3 aromatic carbocycles. The highest BCUT2D eigenvalue weighted by Crippen LogP contribution is 2.33. The predicted octanol–water partition coefficient (Wildman–Crippen LogP) is 5.41. The van der Waals surface area contributed by atoms with Crippen molar-refractivity contribution in [3.8, 4) is 17.0 Å². The van der Waals surface area contributed by atoms with E-state index < -0.39 is 0 Å². The number of ether oxygens (including phenoxy) is 1. The van der Waals surface area contributed by atoms with Crippen LogP contribution >= 0.6 is 33.9 Å². The highest BCUT2D eigenvalue weighted by atomic mass is 127. The number of nitrogens with zero attached hydrogens (tertiary/aromatic N) is 3. The molecule has 0 saturated heterocycles. The van der Waals surface area contributed by atoms with Crippen LogP contribution in [0, 0.1) is 9.39 Å². The van der Waals surface area contributed by atoms with Crippen LogP contribution in [0.2, 0.25) is 0 Å². The minimum atomic E-state index is -0.316. The number of hydrogen-bond donors (Lipinski definition) is 1. The van der Waals surface area contributed by atoms with Gasteiger partial charge in [0.25, 0.3) is 5.91 Å². The number of aromatic nitrogens is 1. The van der Waals surface area contributed by atoms with E-state index in [1.165, 1.54) is 23.5 Å². The Kier molecular flexibility index (Phi) is 6.05. The molecule has 0 saturated carbocycles. The van der Waals surface area contributed by atoms with Crippen molar-refractivity contribution in [2.24, 2.45) is 10.1 Å². The molecule has 9 heteroatoms. The Morgan fingerprint density at radius 1 is 1.12 bits per heavy atom. The number of thiazole rings is 1. The van der Waals surface area contributed by atoms with Crippen molar-refractivity contribution < 1.29 is 13.9 Å². The zero-order valence-electron chi connectivity index (χ0n) is 17.0. The SMILES string of the molecule is O=C1COc2ccc(-c3csc(=Nc4ccc(F)cc4)n3N=Cc3ccccc3I)cc2N1. The third kappa shape index (κ3) is 4.74. The summed E-state index contributed by atoms with van der Waals surface area (Å²) in [4.78, 5) is 17.0. The fraction of sp³-hybridized carbons (Fsp3) is 0.0417. The zero-order chi connectivity index (χ0) is 22.8. The quantitative estimate of drug-likeness (QED) is 0.264. The Balaban J connectivity index is 1.63. The summed E-state index contributed by atoms with van der Waals surface area (Å²) in [6.07, 6.45) is 1.78. The summed E-state index contributed by atoms with van der Waals surface area (Å²) in [5.41, 5.74) is 3.85. The molecule has 1 amide bonds. The van der Waals surface area contributed by atoms with Crippen LogP contribution in [0.3, 0.4) is 0 Å². The van der Waals surface area contributed by atoms with Gasteiger partial charge in [0, 0.05) is 20.1 Å². The van der Waals surface area contributed by atoms with E-state index in [1.54, 1.807) is 23.0 Å². The van der Waals surface area contributed by atoms with Crippen LogP contribution in [0.25, 0.3) is 11.3 Å². The highest BCUT2D eigenvalue weighted by molar-refractivity contribution is 14.1. The number of fused-ring (bicyclic) bond motifs is 1. The Bertz CT molecular complexity index is 1440. The lowest BCUT2D eigenvalue weighted by atomic mass is 10.1. The molecule has 0 unspecified atom stereocenters. The largest absolute Gasteiger partial charge is 0.482 e.